The lowest BCUT2D eigenvalue weighted by atomic mass is 10.2. The second kappa shape index (κ2) is 7.38. The first kappa shape index (κ1) is 15.0. The maximum Gasteiger partial charge on any atom is 0.231 e. The summed E-state index contributed by atoms with van der Waals surface area (Å²) in [5.74, 6) is 1.58. The van der Waals surface area contributed by atoms with E-state index in [-0.39, 0.29) is 0 Å². The fraction of sp³-hybridized carbons (Fsp3) is 0.643. The van der Waals surface area contributed by atoms with E-state index in [0.717, 1.165) is 31.1 Å². The monoisotopic (exact) mass is 293 g/mol. The van der Waals surface area contributed by atoms with Crippen molar-refractivity contribution in [3.63, 3.8) is 0 Å². The second-order valence-electron chi connectivity index (χ2n) is 5.08. The van der Waals surface area contributed by atoms with Crippen LogP contribution in [0.4, 0.5) is 11.8 Å². The van der Waals surface area contributed by atoms with Gasteiger partial charge in [-0.05, 0) is 38.9 Å². The van der Waals surface area contributed by atoms with Gasteiger partial charge >= 0.3 is 0 Å². The molecule has 0 radical (unpaired) electrons. The van der Waals surface area contributed by atoms with Crippen LogP contribution in [0, 0.1) is 6.92 Å². The minimum Gasteiger partial charge on any atom is -0.363 e. The smallest absolute Gasteiger partial charge is 0.231 e. The fourth-order valence-electron chi connectivity index (χ4n) is 2.38. The molecule has 0 aromatic carbocycles. The fourth-order valence-corrected chi connectivity index (χ4v) is 2.61. The molecule has 0 atom stereocenters. The third kappa shape index (κ3) is 4.30. The number of aromatic nitrogens is 2. The normalized spacial score (nSPS) is 15.6. The minimum absolute atomic E-state index is 0.569. The quantitative estimate of drug-likeness (QED) is 0.835. The SMILES string of the molecule is CCNC(=S)Nc1nc(C)cc(N2CCCCCC2)n1. The van der Waals surface area contributed by atoms with Crippen molar-refractivity contribution in [1.82, 2.24) is 15.3 Å². The van der Waals surface area contributed by atoms with Crippen LogP contribution in [0.1, 0.15) is 38.3 Å². The van der Waals surface area contributed by atoms with Gasteiger partial charge in [-0.1, -0.05) is 12.8 Å². The van der Waals surface area contributed by atoms with Gasteiger partial charge in [0.25, 0.3) is 0 Å². The van der Waals surface area contributed by atoms with Crippen LogP contribution in [0.3, 0.4) is 0 Å². The molecule has 0 amide bonds. The lowest BCUT2D eigenvalue weighted by Crippen LogP contribution is -2.30. The molecule has 1 aliphatic rings. The summed E-state index contributed by atoms with van der Waals surface area (Å²) >= 11 is 5.18. The Morgan fingerprint density at radius 2 is 1.95 bits per heavy atom. The van der Waals surface area contributed by atoms with E-state index in [9.17, 15) is 0 Å². The average Bonchev–Trinajstić information content (AvgIpc) is 2.67. The van der Waals surface area contributed by atoms with Crippen molar-refractivity contribution in [2.75, 3.05) is 29.9 Å². The molecule has 110 valence electrons. The predicted octanol–water partition coefficient (Wildman–Crippen LogP) is 2.47. The van der Waals surface area contributed by atoms with Crippen molar-refractivity contribution in [3.05, 3.63) is 11.8 Å². The van der Waals surface area contributed by atoms with Crippen LogP contribution < -0.4 is 15.5 Å². The second-order valence-corrected chi connectivity index (χ2v) is 5.49. The molecule has 6 heteroatoms. The summed E-state index contributed by atoms with van der Waals surface area (Å²) in [4.78, 5) is 11.3. The largest absolute Gasteiger partial charge is 0.363 e. The van der Waals surface area contributed by atoms with E-state index in [2.05, 4.69) is 25.5 Å². The molecule has 1 aromatic heterocycles. The molecule has 1 fully saturated rings. The lowest BCUT2D eigenvalue weighted by Gasteiger charge is -2.22. The van der Waals surface area contributed by atoms with Gasteiger partial charge in [0.15, 0.2) is 5.11 Å². The van der Waals surface area contributed by atoms with Gasteiger partial charge in [0, 0.05) is 31.4 Å². The number of thiocarbonyl (C=S) groups is 1. The third-order valence-electron chi connectivity index (χ3n) is 3.33. The van der Waals surface area contributed by atoms with Gasteiger partial charge in [0.1, 0.15) is 5.82 Å². The van der Waals surface area contributed by atoms with Crippen LogP contribution in [0.5, 0.6) is 0 Å². The van der Waals surface area contributed by atoms with Gasteiger partial charge in [-0.3, -0.25) is 0 Å². The molecular weight excluding hydrogens is 270 g/mol. The zero-order chi connectivity index (χ0) is 14.4. The number of nitrogens with zero attached hydrogens (tertiary/aromatic N) is 3. The molecule has 0 aliphatic carbocycles. The predicted molar refractivity (Wildman–Crippen MR) is 87.3 cm³/mol. The highest BCUT2D eigenvalue weighted by Crippen LogP contribution is 2.19. The van der Waals surface area contributed by atoms with E-state index >= 15 is 0 Å². The molecular formula is C14H23N5S. The van der Waals surface area contributed by atoms with Gasteiger partial charge in [0.05, 0.1) is 0 Å². The molecule has 1 aliphatic heterocycles. The molecule has 20 heavy (non-hydrogen) atoms. The number of anilines is 2. The molecule has 2 heterocycles. The topological polar surface area (TPSA) is 53.1 Å². The van der Waals surface area contributed by atoms with E-state index in [1.807, 2.05) is 19.9 Å². The van der Waals surface area contributed by atoms with E-state index in [4.69, 9.17) is 12.2 Å². The average molecular weight is 293 g/mol. The highest BCUT2D eigenvalue weighted by atomic mass is 32.1. The zero-order valence-electron chi connectivity index (χ0n) is 12.3. The van der Waals surface area contributed by atoms with Gasteiger partial charge in [-0.25, -0.2) is 4.98 Å². The first-order chi connectivity index (χ1) is 9.69. The summed E-state index contributed by atoms with van der Waals surface area (Å²) in [6.45, 7) is 6.94. The van der Waals surface area contributed by atoms with Gasteiger partial charge in [-0.2, -0.15) is 4.98 Å². The molecule has 1 aromatic rings. The van der Waals surface area contributed by atoms with Crippen molar-refractivity contribution >= 4 is 29.1 Å². The van der Waals surface area contributed by atoms with Crippen LogP contribution >= 0.6 is 12.2 Å². The molecule has 0 unspecified atom stereocenters. The summed E-state index contributed by atoms with van der Waals surface area (Å²) in [6.07, 6.45) is 5.11. The summed E-state index contributed by atoms with van der Waals surface area (Å²) < 4.78 is 0. The minimum atomic E-state index is 0.569. The van der Waals surface area contributed by atoms with Gasteiger partial charge < -0.3 is 15.5 Å². The molecule has 0 bridgehead atoms. The van der Waals surface area contributed by atoms with Crippen molar-refractivity contribution in [1.29, 1.82) is 0 Å². The molecule has 2 N–H and O–H groups in total. The Hall–Kier alpha value is -1.43. The molecule has 1 saturated heterocycles. The van der Waals surface area contributed by atoms with E-state index in [1.165, 1.54) is 25.7 Å². The van der Waals surface area contributed by atoms with Crippen LogP contribution in [0.15, 0.2) is 6.07 Å². The van der Waals surface area contributed by atoms with Crippen molar-refractivity contribution in [2.45, 2.75) is 39.5 Å². The van der Waals surface area contributed by atoms with Crippen LogP contribution in [0.25, 0.3) is 0 Å². The standard InChI is InChI=1S/C14H23N5S/c1-3-15-14(20)18-13-16-11(2)10-12(17-13)19-8-6-4-5-7-9-19/h10H,3-9H2,1-2H3,(H2,15,16,17,18,20). The van der Waals surface area contributed by atoms with Crippen LogP contribution in [0.2, 0.25) is 0 Å². The van der Waals surface area contributed by atoms with Crippen molar-refractivity contribution in [3.8, 4) is 0 Å². The van der Waals surface area contributed by atoms with E-state index in [1.54, 1.807) is 0 Å². The zero-order valence-corrected chi connectivity index (χ0v) is 13.1. The maximum absolute atomic E-state index is 5.18. The van der Waals surface area contributed by atoms with E-state index in [0.29, 0.717) is 11.1 Å². The van der Waals surface area contributed by atoms with E-state index < -0.39 is 0 Å². The Morgan fingerprint density at radius 3 is 2.60 bits per heavy atom. The maximum atomic E-state index is 5.18. The Balaban J connectivity index is 2.12. The highest BCUT2D eigenvalue weighted by Gasteiger charge is 2.13. The Morgan fingerprint density at radius 1 is 1.25 bits per heavy atom. The first-order valence-electron chi connectivity index (χ1n) is 7.34. The number of hydrogen-bond donors (Lipinski definition) is 2. The van der Waals surface area contributed by atoms with Crippen molar-refractivity contribution < 1.29 is 0 Å². The Bertz CT molecular complexity index is 455. The Labute approximate surface area is 126 Å². The summed E-state index contributed by atoms with van der Waals surface area (Å²) in [6, 6.07) is 2.05. The number of rotatable bonds is 3. The molecule has 5 nitrogen and oxygen atoms in total. The van der Waals surface area contributed by atoms with Crippen LogP contribution in [-0.2, 0) is 0 Å². The Kier molecular flexibility index (Phi) is 5.52. The van der Waals surface area contributed by atoms with Gasteiger partial charge in [0.2, 0.25) is 5.95 Å². The van der Waals surface area contributed by atoms with Crippen LogP contribution in [-0.4, -0.2) is 34.7 Å². The molecule has 0 saturated carbocycles. The number of nitrogens with one attached hydrogen (secondary N) is 2. The lowest BCUT2D eigenvalue weighted by molar-refractivity contribution is 0.726. The summed E-state index contributed by atoms with van der Waals surface area (Å²) in [5.41, 5.74) is 0.959. The molecule has 0 spiro atoms. The summed E-state index contributed by atoms with van der Waals surface area (Å²) in [7, 11) is 0. The first-order valence-corrected chi connectivity index (χ1v) is 7.75. The third-order valence-corrected chi connectivity index (χ3v) is 3.58. The number of hydrogen-bond acceptors (Lipinski definition) is 4. The van der Waals surface area contributed by atoms with Crippen molar-refractivity contribution in [2.24, 2.45) is 0 Å². The summed E-state index contributed by atoms with van der Waals surface area (Å²) in [5, 5.41) is 6.67. The number of aryl methyl sites for hydroxylation is 1. The van der Waals surface area contributed by atoms with Gasteiger partial charge in [-0.15, -0.1) is 0 Å². The molecule has 2 rings (SSSR count). The highest BCUT2D eigenvalue weighted by molar-refractivity contribution is 7.80.